The number of likely N-dealkylation sites (tertiary alicyclic amines) is 1. The summed E-state index contributed by atoms with van der Waals surface area (Å²) in [5.41, 5.74) is 0. The molecule has 7 atom stereocenters. The maximum Gasteiger partial charge on any atom is 0.471 e. The van der Waals surface area contributed by atoms with Crippen LogP contribution in [0.15, 0.2) is 17.0 Å². The zero-order chi connectivity index (χ0) is 32.0. The second kappa shape index (κ2) is 12.2. The van der Waals surface area contributed by atoms with Gasteiger partial charge in [0, 0.05) is 48.2 Å². The van der Waals surface area contributed by atoms with Gasteiger partial charge in [-0.05, 0) is 12.8 Å². The van der Waals surface area contributed by atoms with Gasteiger partial charge in [0.25, 0.3) is 0 Å². The predicted octanol–water partition coefficient (Wildman–Crippen LogP) is 2.80. The summed E-state index contributed by atoms with van der Waals surface area (Å²) in [7, 11) is 0. The lowest BCUT2D eigenvalue weighted by Gasteiger charge is -2.34. The SMILES string of the molecule is CC(Sc1c(F)cc(F)cc1F)[C@H](NC(=O)C(F)(F)F)C(=O)N1C[C@H]2[C@@H]([C@H]1C(=O)N[C@H](C#N)C[C@@H]1CCNC1=O)C2(Cl)Cl. The minimum atomic E-state index is -5.45. The van der Waals surface area contributed by atoms with E-state index in [2.05, 4.69) is 10.6 Å². The van der Waals surface area contributed by atoms with Gasteiger partial charge in [0.2, 0.25) is 17.7 Å². The zero-order valence-corrected chi connectivity index (χ0v) is 24.3. The Bertz CT molecular complexity index is 1360. The Kier molecular flexibility index (Phi) is 9.39. The Morgan fingerprint density at radius 2 is 1.84 bits per heavy atom. The van der Waals surface area contributed by atoms with Crippen LogP contribution in [-0.4, -0.2) is 75.5 Å². The molecule has 4 rings (SSSR count). The van der Waals surface area contributed by atoms with E-state index in [4.69, 9.17) is 23.2 Å². The van der Waals surface area contributed by atoms with Crippen molar-refractivity contribution in [3.05, 3.63) is 29.6 Å². The summed E-state index contributed by atoms with van der Waals surface area (Å²) in [4.78, 5) is 51.0. The first-order chi connectivity index (χ1) is 20.0. The molecule has 4 amide bonds. The van der Waals surface area contributed by atoms with Gasteiger partial charge in [-0.2, -0.15) is 18.4 Å². The smallest absolute Gasteiger partial charge is 0.356 e. The van der Waals surface area contributed by atoms with Crippen LogP contribution in [0.2, 0.25) is 0 Å². The number of hydrogen-bond acceptors (Lipinski definition) is 6. The molecule has 3 fully saturated rings. The second-order valence-corrected chi connectivity index (χ2v) is 13.2. The van der Waals surface area contributed by atoms with Crippen molar-refractivity contribution in [2.24, 2.45) is 17.8 Å². The molecular weight excluding hydrogens is 651 g/mol. The Morgan fingerprint density at radius 1 is 1.21 bits per heavy atom. The number of nitrogens with one attached hydrogen (secondary N) is 3. The topological polar surface area (TPSA) is 131 Å². The van der Waals surface area contributed by atoms with Gasteiger partial charge in [0.15, 0.2) is 0 Å². The standard InChI is InChI=1S/C25H23Cl2F6N5O4S/c1-9(43-19-14(29)5-11(28)6-15(19)30)17(37-23(42)25(31,32)33)22(41)38-8-13-16(24(13,26)27)18(38)21(40)36-12(7-34)4-10-2-3-35-20(10)39/h5-6,9-10,12-13,16-18H,2-4,8H2,1H3,(H,35,39)(H,36,40)(H,37,42)/t9?,10-,12-,13-,16-,17-,18-/m0/s1. The first-order valence-corrected chi connectivity index (χ1v) is 14.5. The van der Waals surface area contributed by atoms with E-state index in [-0.39, 0.29) is 30.6 Å². The van der Waals surface area contributed by atoms with Gasteiger partial charge in [0.05, 0.1) is 11.0 Å². The molecule has 1 unspecified atom stereocenters. The fourth-order valence-corrected chi connectivity index (χ4v) is 7.23. The number of nitrogens with zero attached hydrogens (tertiary/aromatic N) is 2. The van der Waals surface area contributed by atoms with Crippen molar-refractivity contribution < 1.29 is 45.5 Å². The highest BCUT2D eigenvalue weighted by Gasteiger charge is 2.74. The molecular formula is C25H23Cl2F6N5O4S. The van der Waals surface area contributed by atoms with Crippen LogP contribution in [0.5, 0.6) is 0 Å². The fraction of sp³-hybridized carbons (Fsp3) is 0.560. The summed E-state index contributed by atoms with van der Waals surface area (Å²) in [6.45, 7) is 1.16. The van der Waals surface area contributed by atoms with E-state index in [1.807, 2.05) is 6.07 Å². The van der Waals surface area contributed by atoms with E-state index in [0.717, 1.165) is 11.8 Å². The van der Waals surface area contributed by atoms with Gasteiger partial charge < -0.3 is 20.9 Å². The van der Waals surface area contributed by atoms with E-state index in [1.54, 1.807) is 0 Å². The highest BCUT2D eigenvalue weighted by molar-refractivity contribution is 8.00. The largest absolute Gasteiger partial charge is 0.471 e. The summed E-state index contributed by atoms with van der Waals surface area (Å²) in [6.07, 6.45) is -5.08. The Balaban J connectivity index is 1.60. The first kappa shape index (κ1) is 33.0. The van der Waals surface area contributed by atoms with Crippen molar-refractivity contribution in [3.8, 4) is 6.07 Å². The molecule has 2 aliphatic heterocycles. The van der Waals surface area contributed by atoms with Crippen molar-refractivity contribution >= 4 is 58.6 Å². The molecule has 2 saturated heterocycles. The third-order valence-electron chi connectivity index (χ3n) is 7.59. The van der Waals surface area contributed by atoms with Crippen molar-refractivity contribution in [2.45, 2.75) is 58.5 Å². The first-order valence-electron chi connectivity index (χ1n) is 12.8. The number of benzene rings is 1. The van der Waals surface area contributed by atoms with Crippen molar-refractivity contribution in [1.29, 1.82) is 5.26 Å². The van der Waals surface area contributed by atoms with Crippen LogP contribution in [0.25, 0.3) is 0 Å². The van der Waals surface area contributed by atoms with Crippen LogP contribution in [-0.2, 0) is 19.2 Å². The number of carbonyl (C=O) groups is 4. The molecule has 1 aliphatic carbocycles. The molecule has 0 spiro atoms. The lowest BCUT2D eigenvalue weighted by Crippen LogP contribution is -2.60. The van der Waals surface area contributed by atoms with Crippen LogP contribution in [0, 0.1) is 46.5 Å². The van der Waals surface area contributed by atoms with Gasteiger partial charge in [-0.1, -0.05) is 6.92 Å². The molecule has 0 bridgehead atoms. The lowest BCUT2D eigenvalue weighted by molar-refractivity contribution is -0.175. The third kappa shape index (κ3) is 6.78. The average molecular weight is 674 g/mol. The molecule has 1 aromatic carbocycles. The monoisotopic (exact) mass is 673 g/mol. The number of fused-ring (bicyclic) bond motifs is 1. The van der Waals surface area contributed by atoms with Gasteiger partial charge in [-0.25, -0.2) is 13.2 Å². The Hall–Kier alpha value is -2.90. The highest BCUT2D eigenvalue weighted by Crippen LogP contribution is 2.65. The van der Waals surface area contributed by atoms with Crippen LogP contribution in [0.3, 0.4) is 0 Å². The van der Waals surface area contributed by atoms with Gasteiger partial charge in [0.1, 0.15) is 39.9 Å². The summed E-state index contributed by atoms with van der Waals surface area (Å²) in [5, 5.41) is 14.7. The van der Waals surface area contributed by atoms with Crippen molar-refractivity contribution in [1.82, 2.24) is 20.9 Å². The number of piperidine rings is 1. The lowest BCUT2D eigenvalue weighted by atomic mass is 9.98. The van der Waals surface area contributed by atoms with Gasteiger partial charge in [-0.3, -0.25) is 19.2 Å². The molecule has 43 heavy (non-hydrogen) atoms. The fourth-order valence-electron chi connectivity index (χ4n) is 5.37. The number of nitriles is 1. The Morgan fingerprint density at radius 3 is 2.37 bits per heavy atom. The molecule has 3 N–H and O–H groups in total. The molecule has 9 nitrogen and oxygen atoms in total. The van der Waals surface area contributed by atoms with Crippen LogP contribution in [0.4, 0.5) is 26.3 Å². The van der Waals surface area contributed by atoms with Gasteiger partial charge in [-0.15, -0.1) is 35.0 Å². The summed E-state index contributed by atoms with van der Waals surface area (Å²) >= 11 is 12.8. The zero-order valence-electron chi connectivity index (χ0n) is 22.0. The second-order valence-electron chi connectivity index (χ2n) is 10.4. The average Bonchev–Trinajstić information content (AvgIpc) is 3.25. The summed E-state index contributed by atoms with van der Waals surface area (Å²) < 4.78 is 80.2. The number of hydrogen-bond donors (Lipinski definition) is 3. The van der Waals surface area contributed by atoms with E-state index in [9.17, 15) is 50.8 Å². The maximum absolute atomic E-state index is 14.3. The molecule has 1 saturated carbocycles. The molecule has 3 aliphatic rings. The number of alkyl halides is 5. The number of rotatable bonds is 9. The van der Waals surface area contributed by atoms with E-state index < -0.39 is 91.7 Å². The molecule has 234 valence electrons. The van der Waals surface area contributed by atoms with Crippen LogP contribution >= 0.6 is 35.0 Å². The summed E-state index contributed by atoms with van der Waals surface area (Å²) in [6, 6.07) is -2.25. The van der Waals surface area contributed by atoms with E-state index in [1.165, 1.54) is 5.32 Å². The molecule has 2 heterocycles. The Labute approximate surface area is 255 Å². The van der Waals surface area contributed by atoms with Crippen LogP contribution in [0.1, 0.15) is 19.8 Å². The maximum atomic E-state index is 14.3. The number of halogens is 8. The quantitative estimate of drug-likeness (QED) is 0.210. The van der Waals surface area contributed by atoms with E-state index >= 15 is 0 Å². The van der Waals surface area contributed by atoms with Gasteiger partial charge >= 0.3 is 12.1 Å². The molecule has 0 radical (unpaired) electrons. The van der Waals surface area contributed by atoms with Crippen molar-refractivity contribution in [3.63, 3.8) is 0 Å². The minimum Gasteiger partial charge on any atom is -0.356 e. The number of carbonyl (C=O) groups excluding carboxylic acids is 4. The third-order valence-corrected chi connectivity index (χ3v) is 9.92. The molecule has 0 aromatic heterocycles. The van der Waals surface area contributed by atoms with Crippen molar-refractivity contribution in [2.75, 3.05) is 13.1 Å². The normalized spacial score (nSPS) is 26.0. The highest BCUT2D eigenvalue weighted by atomic mass is 35.5. The number of thioether (sulfide) groups is 1. The summed E-state index contributed by atoms with van der Waals surface area (Å²) in [5.74, 6) is -11.2. The molecule has 1 aromatic rings. The van der Waals surface area contributed by atoms with Crippen LogP contribution < -0.4 is 16.0 Å². The minimum absolute atomic E-state index is 0.0531. The number of amides is 4. The van der Waals surface area contributed by atoms with E-state index in [0.29, 0.717) is 25.1 Å². The predicted molar refractivity (Wildman–Crippen MR) is 140 cm³/mol. The molecule has 18 heteroatoms.